The maximum Gasteiger partial charge on any atom is 0.244 e. The van der Waals surface area contributed by atoms with Crippen molar-refractivity contribution in [3.8, 4) is 28.7 Å². The zero-order chi connectivity index (χ0) is 26.5. The Balaban J connectivity index is 1.14. The smallest absolute Gasteiger partial charge is 0.244 e. The first kappa shape index (κ1) is 26.1. The molecule has 9 heteroatoms. The van der Waals surface area contributed by atoms with E-state index in [2.05, 4.69) is 11.9 Å². The normalized spacial score (nSPS) is 15.9. The van der Waals surface area contributed by atoms with Crippen molar-refractivity contribution < 1.29 is 28.5 Å². The lowest BCUT2D eigenvalue weighted by Crippen LogP contribution is -2.33. The molecule has 0 saturated carbocycles. The minimum absolute atomic E-state index is 0.0222. The minimum atomic E-state index is -0.406. The molecule has 2 aliphatic rings. The van der Waals surface area contributed by atoms with Gasteiger partial charge in [-0.2, -0.15) is 0 Å². The Kier molecular flexibility index (Phi) is 8.14. The van der Waals surface area contributed by atoms with Crippen LogP contribution in [-0.2, 0) is 4.79 Å². The van der Waals surface area contributed by atoms with E-state index in [0.29, 0.717) is 24.7 Å². The quantitative estimate of drug-likeness (QED) is 0.317. The van der Waals surface area contributed by atoms with Crippen LogP contribution in [0.25, 0.3) is 0 Å². The summed E-state index contributed by atoms with van der Waals surface area (Å²) in [5.74, 6) is 3.66. The Bertz CT molecular complexity index is 1290. The van der Waals surface area contributed by atoms with E-state index in [4.69, 9.17) is 23.7 Å². The highest BCUT2D eigenvalue weighted by molar-refractivity contribution is 8.00. The number of anilines is 1. The van der Waals surface area contributed by atoms with Crippen LogP contribution < -0.4 is 28.6 Å². The molecule has 3 aromatic rings. The molecule has 5 rings (SSSR count). The summed E-state index contributed by atoms with van der Waals surface area (Å²) < 4.78 is 28.3. The van der Waals surface area contributed by atoms with E-state index in [1.54, 1.807) is 23.8 Å². The third kappa shape index (κ3) is 5.79. The topological polar surface area (TPSA) is 69.7 Å². The van der Waals surface area contributed by atoms with Gasteiger partial charge in [0.2, 0.25) is 12.7 Å². The van der Waals surface area contributed by atoms with E-state index in [0.717, 1.165) is 52.9 Å². The molecule has 0 spiro atoms. The van der Waals surface area contributed by atoms with Crippen LogP contribution in [0.1, 0.15) is 17.2 Å². The van der Waals surface area contributed by atoms with Gasteiger partial charge in [-0.3, -0.25) is 4.79 Å². The number of hydrogen-bond donors (Lipinski definition) is 0. The first-order valence-corrected chi connectivity index (χ1v) is 13.5. The average molecular weight is 537 g/mol. The second-order valence-corrected chi connectivity index (χ2v) is 10.3. The van der Waals surface area contributed by atoms with Crippen molar-refractivity contribution in [3.05, 3.63) is 66.2 Å². The molecule has 0 fully saturated rings. The Morgan fingerprint density at radius 3 is 2.66 bits per heavy atom. The number of fused-ring (bicyclic) bond motifs is 2. The van der Waals surface area contributed by atoms with Gasteiger partial charge in [0, 0.05) is 36.7 Å². The number of likely N-dealkylation sites (N-methyl/N-ethyl adjacent to an activating group) is 2. The molecule has 1 amide bonds. The maximum absolute atomic E-state index is 13.3. The molecule has 0 bridgehead atoms. The van der Waals surface area contributed by atoms with Crippen molar-refractivity contribution in [1.29, 1.82) is 0 Å². The molecule has 38 heavy (non-hydrogen) atoms. The SMILES string of the molecule is COc1ccc(OCCCN(C)CCOc2ccc3c(c2)OCO3)c(C2Sc3ccccc3N(C)C2=O)c1. The molecule has 2 aliphatic heterocycles. The molecule has 0 radical (unpaired) electrons. The van der Waals surface area contributed by atoms with Gasteiger partial charge >= 0.3 is 0 Å². The van der Waals surface area contributed by atoms with Crippen molar-refractivity contribution in [2.24, 2.45) is 0 Å². The summed E-state index contributed by atoms with van der Waals surface area (Å²) >= 11 is 1.55. The Morgan fingerprint density at radius 2 is 1.79 bits per heavy atom. The van der Waals surface area contributed by atoms with Gasteiger partial charge in [-0.05, 0) is 55.9 Å². The van der Waals surface area contributed by atoms with Crippen LogP contribution in [0.3, 0.4) is 0 Å². The van der Waals surface area contributed by atoms with Gasteiger partial charge in [0.15, 0.2) is 11.5 Å². The highest BCUT2D eigenvalue weighted by Gasteiger charge is 2.34. The summed E-state index contributed by atoms with van der Waals surface area (Å²) in [6.45, 7) is 2.98. The molecular weight excluding hydrogens is 504 g/mol. The van der Waals surface area contributed by atoms with Crippen molar-refractivity contribution >= 4 is 23.4 Å². The van der Waals surface area contributed by atoms with Crippen LogP contribution in [0.5, 0.6) is 28.7 Å². The largest absolute Gasteiger partial charge is 0.497 e. The lowest BCUT2D eigenvalue weighted by atomic mass is 10.1. The zero-order valence-corrected chi connectivity index (χ0v) is 22.7. The first-order chi connectivity index (χ1) is 18.5. The van der Waals surface area contributed by atoms with Crippen LogP contribution in [0.15, 0.2) is 65.6 Å². The minimum Gasteiger partial charge on any atom is -0.497 e. The number of carbonyl (C=O) groups is 1. The highest BCUT2D eigenvalue weighted by atomic mass is 32.2. The van der Waals surface area contributed by atoms with E-state index < -0.39 is 5.25 Å². The molecule has 0 saturated heterocycles. The van der Waals surface area contributed by atoms with Gasteiger partial charge in [-0.15, -0.1) is 11.8 Å². The molecule has 0 aliphatic carbocycles. The fraction of sp³-hybridized carbons (Fsp3) is 0.345. The van der Waals surface area contributed by atoms with E-state index in [-0.39, 0.29) is 12.7 Å². The van der Waals surface area contributed by atoms with Gasteiger partial charge in [-0.25, -0.2) is 0 Å². The number of benzene rings is 3. The number of hydrogen-bond acceptors (Lipinski definition) is 8. The number of para-hydroxylation sites is 1. The van der Waals surface area contributed by atoms with Crippen LogP contribution in [0.4, 0.5) is 5.69 Å². The van der Waals surface area contributed by atoms with Crippen molar-refractivity contribution in [2.75, 3.05) is 59.2 Å². The molecule has 0 N–H and O–H groups in total. The summed E-state index contributed by atoms with van der Waals surface area (Å²) in [5.41, 5.74) is 1.75. The summed E-state index contributed by atoms with van der Waals surface area (Å²) in [4.78, 5) is 18.3. The number of methoxy groups -OCH3 is 1. The third-order valence-corrected chi connectivity index (χ3v) is 7.84. The Labute approximate surface area is 227 Å². The Morgan fingerprint density at radius 1 is 0.974 bits per heavy atom. The molecule has 3 aromatic carbocycles. The number of amides is 1. The van der Waals surface area contributed by atoms with E-state index in [1.807, 2.05) is 67.7 Å². The Hall–Kier alpha value is -3.56. The summed E-state index contributed by atoms with van der Waals surface area (Å²) in [5, 5.41) is -0.406. The van der Waals surface area contributed by atoms with E-state index >= 15 is 0 Å². The maximum atomic E-state index is 13.3. The molecule has 200 valence electrons. The second-order valence-electron chi connectivity index (χ2n) is 9.14. The summed E-state index contributed by atoms with van der Waals surface area (Å²) in [7, 11) is 5.51. The number of ether oxygens (including phenoxy) is 5. The predicted molar refractivity (Wildman–Crippen MR) is 147 cm³/mol. The lowest BCUT2D eigenvalue weighted by molar-refractivity contribution is -0.118. The molecule has 1 atom stereocenters. The number of nitrogens with zero attached hydrogens (tertiary/aromatic N) is 2. The van der Waals surface area contributed by atoms with Crippen LogP contribution in [0.2, 0.25) is 0 Å². The third-order valence-electron chi connectivity index (χ3n) is 6.55. The van der Waals surface area contributed by atoms with Crippen molar-refractivity contribution in [2.45, 2.75) is 16.6 Å². The highest BCUT2D eigenvalue weighted by Crippen LogP contribution is 2.48. The fourth-order valence-electron chi connectivity index (χ4n) is 4.41. The van der Waals surface area contributed by atoms with Crippen LogP contribution in [0, 0.1) is 0 Å². The summed E-state index contributed by atoms with van der Waals surface area (Å²) in [6, 6.07) is 19.2. The van der Waals surface area contributed by atoms with Gasteiger partial charge < -0.3 is 33.5 Å². The van der Waals surface area contributed by atoms with Gasteiger partial charge in [-0.1, -0.05) is 12.1 Å². The molecule has 1 unspecified atom stereocenters. The fourth-order valence-corrected chi connectivity index (χ4v) is 5.71. The standard InChI is InChI=1S/C29H32N2O6S/c1-30(14-16-34-21-10-12-25-26(18-21)37-19-36-25)13-6-15-35-24-11-9-20(33-3)17-22(24)28-29(32)31(2)23-7-4-5-8-27(23)38-28/h4-5,7-12,17-18,28H,6,13-16,19H2,1-3H3. The monoisotopic (exact) mass is 536 g/mol. The van der Waals surface area contributed by atoms with E-state index in [9.17, 15) is 4.79 Å². The molecule has 8 nitrogen and oxygen atoms in total. The van der Waals surface area contributed by atoms with Crippen molar-refractivity contribution in [1.82, 2.24) is 4.90 Å². The number of rotatable bonds is 11. The molecule has 0 aromatic heterocycles. The van der Waals surface area contributed by atoms with Gasteiger partial charge in [0.1, 0.15) is 29.1 Å². The summed E-state index contributed by atoms with van der Waals surface area (Å²) in [6.07, 6.45) is 0.834. The van der Waals surface area contributed by atoms with Gasteiger partial charge in [0.25, 0.3) is 0 Å². The number of thioether (sulfide) groups is 1. The van der Waals surface area contributed by atoms with Gasteiger partial charge in [0.05, 0.1) is 19.4 Å². The lowest BCUT2D eigenvalue weighted by Gasteiger charge is -2.32. The van der Waals surface area contributed by atoms with Crippen molar-refractivity contribution in [3.63, 3.8) is 0 Å². The number of carbonyl (C=O) groups excluding carboxylic acids is 1. The predicted octanol–water partition coefficient (Wildman–Crippen LogP) is 5.01. The van der Waals surface area contributed by atoms with Crippen LogP contribution >= 0.6 is 11.8 Å². The first-order valence-electron chi connectivity index (χ1n) is 12.6. The average Bonchev–Trinajstić information content (AvgIpc) is 3.41. The molecular formula is C29H32N2O6S. The van der Waals surface area contributed by atoms with E-state index in [1.165, 1.54) is 0 Å². The van der Waals surface area contributed by atoms with Crippen LogP contribution in [-0.4, -0.2) is 65.1 Å². The molecule has 2 heterocycles. The second kappa shape index (κ2) is 11.9. The zero-order valence-electron chi connectivity index (χ0n) is 21.8.